The molecule has 2 aromatic carbocycles. The smallest absolute Gasteiger partial charge is 0.236 e. The normalized spacial score (nSPS) is 16.1. The molecular formula is C20H19ClN4O2S. The van der Waals surface area contributed by atoms with Crippen LogP contribution in [0.2, 0.25) is 5.02 Å². The molecule has 3 aromatic rings. The van der Waals surface area contributed by atoms with E-state index in [2.05, 4.69) is 14.9 Å². The predicted octanol–water partition coefficient (Wildman–Crippen LogP) is 3.41. The average Bonchev–Trinajstić information content (AvgIpc) is 2.72. The van der Waals surface area contributed by atoms with Gasteiger partial charge in [-0.2, -0.15) is 4.31 Å². The zero-order valence-corrected chi connectivity index (χ0v) is 16.6. The molecule has 0 amide bonds. The van der Waals surface area contributed by atoms with Gasteiger partial charge in [0, 0.05) is 42.0 Å². The van der Waals surface area contributed by atoms with Gasteiger partial charge in [-0.25, -0.2) is 18.4 Å². The molecule has 144 valence electrons. The Morgan fingerprint density at radius 3 is 2.46 bits per heavy atom. The Balaban J connectivity index is 1.48. The van der Waals surface area contributed by atoms with Gasteiger partial charge in [-0.1, -0.05) is 41.9 Å². The standard InChI is InChI=1S/C20H19ClN4O2S/c21-17-6-7-18-19(14-17)22-15-23-20(18)24-9-11-25(12-10-24)28(26,27)13-8-16-4-2-1-3-5-16/h1-8,13-15H,9-12H2/b13-8+. The van der Waals surface area contributed by atoms with E-state index in [4.69, 9.17) is 11.6 Å². The van der Waals surface area contributed by atoms with Crippen LogP contribution in [0.5, 0.6) is 0 Å². The van der Waals surface area contributed by atoms with E-state index in [1.807, 2.05) is 42.5 Å². The van der Waals surface area contributed by atoms with Gasteiger partial charge >= 0.3 is 0 Å². The summed E-state index contributed by atoms with van der Waals surface area (Å²) in [6.45, 7) is 1.93. The second kappa shape index (κ2) is 7.87. The van der Waals surface area contributed by atoms with Crippen LogP contribution in [0.15, 0.2) is 60.3 Å². The molecule has 0 aliphatic carbocycles. The first-order valence-corrected chi connectivity index (χ1v) is 10.8. The van der Waals surface area contributed by atoms with Gasteiger partial charge in [-0.15, -0.1) is 0 Å². The Morgan fingerprint density at radius 2 is 1.71 bits per heavy atom. The second-order valence-electron chi connectivity index (χ2n) is 6.50. The lowest BCUT2D eigenvalue weighted by Crippen LogP contribution is -2.48. The number of rotatable bonds is 4. The summed E-state index contributed by atoms with van der Waals surface area (Å²) in [4.78, 5) is 10.8. The molecule has 1 aromatic heterocycles. The largest absolute Gasteiger partial charge is 0.353 e. The number of piperazine rings is 1. The number of hydrogen-bond acceptors (Lipinski definition) is 5. The molecule has 8 heteroatoms. The Morgan fingerprint density at radius 1 is 0.964 bits per heavy atom. The minimum Gasteiger partial charge on any atom is -0.353 e. The summed E-state index contributed by atoms with van der Waals surface area (Å²) < 4.78 is 26.8. The predicted molar refractivity (Wildman–Crippen MR) is 113 cm³/mol. The lowest BCUT2D eigenvalue weighted by Gasteiger charge is -2.34. The number of anilines is 1. The van der Waals surface area contributed by atoms with Crippen molar-refractivity contribution in [3.8, 4) is 0 Å². The van der Waals surface area contributed by atoms with Crippen LogP contribution in [0.3, 0.4) is 0 Å². The van der Waals surface area contributed by atoms with Crippen molar-refractivity contribution in [2.45, 2.75) is 0 Å². The fourth-order valence-electron chi connectivity index (χ4n) is 3.24. The quantitative estimate of drug-likeness (QED) is 0.654. The van der Waals surface area contributed by atoms with Crippen LogP contribution >= 0.6 is 11.6 Å². The Hall–Kier alpha value is -2.48. The van der Waals surface area contributed by atoms with Crippen molar-refractivity contribution in [2.75, 3.05) is 31.1 Å². The van der Waals surface area contributed by atoms with Crippen LogP contribution in [0.1, 0.15) is 5.56 Å². The van der Waals surface area contributed by atoms with Gasteiger partial charge in [-0.05, 0) is 29.8 Å². The number of benzene rings is 2. The molecule has 2 heterocycles. The SMILES string of the molecule is O=S(=O)(/C=C/c1ccccc1)N1CCN(c2ncnc3cc(Cl)ccc23)CC1. The highest BCUT2D eigenvalue weighted by molar-refractivity contribution is 7.92. The Kier molecular flexibility index (Phi) is 5.30. The summed E-state index contributed by atoms with van der Waals surface area (Å²) >= 11 is 6.05. The molecule has 1 aliphatic heterocycles. The van der Waals surface area contributed by atoms with E-state index in [0.717, 1.165) is 22.3 Å². The monoisotopic (exact) mass is 414 g/mol. The molecule has 0 bridgehead atoms. The minimum atomic E-state index is -3.46. The van der Waals surface area contributed by atoms with Crippen molar-refractivity contribution in [1.29, 1.82) is 0 Å². The zero-order chi connectivity index (χ0) is 19.6. The minimum absolute atomic E-state index is 0.403. The van der Waals surface area contributed by atoms with E-state index in [1.165, 1.54) is 16.0 Å². The second-order valence-corrected chi connectivity index (χ2v) is 8.76. The maximum Gasteiger partial charge on any atom is 0.236 e. The van der Waals surface area contributed by atoms with E-state index in [9.17, 15) is 8.42 Å². The average molecular weight is 415 g/mol. The molecule has 0 saturated carbocycles. The molecule has 0 N–H and O–H groups in total. The summed E-state index contributed by atoms with van der Waals surface area (Å²) in [6, 6.07) is 14.9. The molecule has 1 fully saturated rings. The van der Waals surface area contributed by atoms with Gasteiger partial charge in [0.2, 0.25) is 10.0 Å². The molecule has 1 saturated heterocycles. The van der Waals surface area contributed by atoms with Crippen LogP contribution in [0, 0.1) is 0 Å². The molecular weight excluding hydrogens is 396 g/mol. The van der Waals surface area contributed by atoms with Crippen molar-refractivity contribution < 1.29 is 8.42 Å². The van der Waals surface area contributed by atoms with Crippen molar-refractivity contribution >= 4 is 44.4 Å². The molecule has 28 heavy (non-hydrogen) atoms. The highest BCUT2D eigenvalue weighted by atomic mass is 35.5. The summed E-state index contributed by atoms with van der Waals surface area (Å²) in [5, 5.41) is 2.81. The summed E-state index contributed by atoms with van der Waals surface area (Å²) in [5.74, 6) is 0.804. The molecule has 1 aliphatic rings. The van der Waals surface area contributed by atoms with E-state index in [0.29, 0.717) is 31.2 Å². The summed E-state index contributed by atoms with van der Waals surface area (Å²) in [7, 11) is -3.46. The molecule has 0 radical (unpaired) electrons. The van der Waals surface area contributed by atoms with E-state index in [1.54, 1.807) is 12.1 Å². The number of nitrogens with zero attached hydrogens (tertiary/aromatic N) is 4. The topological polar surface area (TPSA) is 66.4 Å². The molecule has 0 spiro atoms. The van der Waals surface area contributed by atoms with Gasteiger partial charge in [0.1, 0.15) is 12.1 Å². The molecule has 0 atom stereocenters. The first-order valence-electron chi connectivity index (χ1n) is 8.91. The van der Waals surface area contributed by atoms with Crippen LogP contribution in [-0.4, -0.2) is 48.9 Å². The van der Waals surface area contributed by atoms with Crippen molar-refractivity contribution in [3.05, 3.63) is 70.9 Å². The number of fused-ring (bicyclic) bond motifs is 1. The van der Waals surface area contributed by atoms with Gasteiger partial charge in [0.15, 0.2) is 0 Å². The van der Waals surface area contributed by atoms with E-state index >= 15 is 0 Å². The first kappa shape index (κ1) is 18.9. The molecule has 0 unspecified atom stereocenters. The maximum atomic E-state index is 12.6. The van der Waals surface area contributed by atoms with Gasteiger partial charge < -0.3 is 4.90 Å². The van der Waals surface area contributed by atoms with Crippen LogP contribution < -0.4 is 4.90 Å². The summed E-state index contributed by atoms with van der Waals surface area (Å²) in [6.07, 6.45) is 3.14. The highest BCUT2D eigenvalue weighted by Crippen LogP contribution is 2.26. The highest BCUT2D eigenvalue weighted by Gasteiger charge is 2.26. The number of halogens is 1. The maximum absolute atomic E-state index is 12.6. The van der Waals surface area contributed by atoms with E-state index in [-0.39, 0.29) is 0 Å². The van der Waals surface area contributed by atoms with Crippen LogP contribution in [0.4, 0.5) is 5.82 Å². The van der Waals surface area contributed by atoms with Crippen molar-refractivity contribution in [1.82, 2.24) is 14.3 Å². The van der Waals surface area contributed by atoms with Crippen molar-refractivity contribution in [3.63, 3.8) is 0 Å². The number of aromatic nitrogens is 2. The molecule has 4 rings (SSSR count). The zero-order valence-electron chi connectivity index (χ0n) is 15.1. The first-order chi connectivity index (χ1) is 13.5. The third kappa shape index (κ3) is 4.01. The van der Waals surface area contributed by atoms with Gasteiger partial charge in [-0.3, -0.25) is 0 Å². The third-order valence-corrected chi connectivity index (χ3v) is 6.51. The lowest BCUT2D eigenvalue weighted by atomic mass is 10.2. The lowest BCUT2D eigenvalue weighted by molar-refractivity contribution is 0.389. The Labute approximate surface area is 169 Å². The van der Waals surface area contributed by atoms with Crippen LogP contribution in [0.25, 0.3) is 17.0 Å². The summed E-state index contributed by atoms with van der Waals surface area (Å²) in [5.41, 5.74) is 1.63. The third-order valence-electron chi connectivity index (χ3n) is 4.71. The fourth-order valence-corrected chi connectivity index (χ4v) is 4.58. The number of hydrogen-bond donors (Lipinski definition) is 0. The van der Waals surface area contributed by atoms with E-state index < -0.39 is 10.0 Å². The molecule has 6 nitrogen and oxygen atoms in total. The fraction of sp³-hybridized carbons (Fsp3) is 0.200. The van der Waals surface area contributed by atoms with Gasteiger partial charge in [0.05, 0.1) is 5.52 Å². The number of sulfonamides is 1. The van der Waals surface area contributed by atoms with Gasteiger partial charge in [0.25, 0.3) is 0 Å². The van der Waals surface area contributed by atoms with Crippen LogP contribution in [-0.2, 0) is 10.0 Å². The Bertz CT molecular complexity index is 1110. The van der Waals surface area contributed by atoms with Crippen molar-refractivity contribution in [2.24, 2.45) is 0 Å².